The molecule has 1 spiro atoms. The molecule has 0 aliphatic heterocycles. The number of fused-ring (bicyclic) bond motifs is 12. The molecule has 5 aliphatic rings. The Balaban J connectivity index is 0.807. The molecule has 4 fully saturated rings. The zero-order valence-corrected chi connectivity index (χ0v) is 40.4. The van der Waals surface area contributed by atoms with E-state index in [0.29, 0.717) is 18.3 Å². The van der Waals surface area contributed by atoms with Gasteiger partial charge in [0.05, 0.1) is 27.6 Å². The Labute approximate surface area is 422 Å². The molecule has 0 atom stereocenters. The first-order chi connectivity index (χ1) is 36.1. The Kier molecular flexibility index (Phi) is 8.75. The van der Waals surface area contributed by atoms with Crippen molar-refractivity contribution in [3.63, 3.8) is 0 Å². The van der Waals surface area contributed by atoms with Crippen molar-refractivity contribution in [3.8, 4) is 27.9 Å². The number of para-hydroxylation sites is 4. The predicted octanol–water partition coefficient (Wildman–Crippen LogP) is 16.0. The van der Waals surface area contributed by atoms with Gasteiger partial charge in [-0.1, -0.05) is 140 Å². The summed E-state index contributed by atoms with van der Waals surface area (Å²) in [4.78, 5) is 10.4. The summed E-state index contributed by atoms with van der Waals surface area (Å²) in [5.74, 6) is 4.17. The average molecular weight is 942 g/mol. The second-order valence-electron chi connectivity index (χ2n) is 21.5. The quantitative estimate of drug-likeness (QED) is 0.133. The Morgan fingerprint density at radius 2 is 1.11 bits per heavy atom. The van der Waals surface area contributed by atoms with Crippen molar-refractivity contribution >= 4 is 77.2 Å². The molecule has 6 heteroatoms. The van der Waals surface area contributed by atoms with E-state index in [1.807, 2.05) is 60.7 Å². The van der Waals surface area contributed by atoms with Gasteiger partial charge in [0.2, 0.25) is 0 Å². The van der Waals surface area contributed by atoms with Gasteiger partial charge in [-0.3, -0.25) is 0 Å². The zero-order chi connectivity index (χ0) is 47.9. The van der Waals surface area contributed by atoms with Crippen LogP contribution in [0.25, 0.3) is 93.5 Å². The van der Waals surface area contributed by atoms with Crippen LogP contribution in [0.2, 0.25) is 0 Å². The minimum atomic E-state index is 0.117. The summed E-state index contributed by atoms with van der Waals surface area (Å²) in [6, 6.07) is 72.8. The Bertz CT molecular complexity index is 4310. The molecular formula is C67H51N5O. The zero-order valence-electron chi connectivity index (χ0n) is 40.4. The summed E-state index contributed by atoms with van der Waals surface area (Å²) >= 11 is 0. The summed E-state index contributed by atoms with van der Waals surface area (Å²) in [5, 5.41) is 6.96. The predicted molar refractivity (Wildman–Crippen MR) is 300 cm³/mol. The lowest BCUT2D eigenvalue weighted by molar-refractivity contribution is -0.0399. The van der Waals surface area contributed by atoms with Crippen molar-refractivity contribution in [2.75, 3.05) is 0 Å². The van der Waals surface area contributed by atoms with E-state index in [2.05, 4.69) is 149 Å². The molecule has 0 saturated heterocycles. The van der Waals surface area contributed by atoms with Crippen molar-refractivity contribution < 1.29 is 4.42 Å². The fourth-order valence-corrected chi connectivity index (χ4v) is 15.1. The smallest absolute Gasteiger partial charge is 0.162 e. The highest BCUT2D eigenvalue weighted by molar-refractivity contribution is 6.19. The van der Waals surface area contributed by atoms with E-state index in [-0.39, 0.29) is 5.41 Å². The Morgan fingerprint density at radius 1 is 0.507 bits per heavy atom. The molecule has 2 N–H and O–H groups in total. The lowest BCUT2D eigenvalue weighted by Crippen LogP contribution is -2.55. The molecule has 3 heterocycles. The van der Waals surface area contributed by atoms with E-state index < -0.39 is 0 Å². The van der Waals surface area contributed by atoms with Crippen LogP contribution in [-0.2, 0) is 12.1 Å². The van der Waals surface area contributed by atoms with E-state index in [1.54, 1.807) is 11.1 Å². The second kappa shape index (κ2) is 15.5. The van der Waals surface area contributed by atoms with Gasteiger partial charge in [-0.2, -0.15) is 0 Å². The first kappa shape index (κ1) is 41.2. The highest BCUT2D eigenvalue weighted by Crippen LogP contribution is 2.69. The summed E-state index contributed by atoms with van der Waals surface area (Å²) in [5.41, 5.74) is 24.5. The number of nitrogens with zero attached hydrogens (tertiary/aromatic N) is 4. The molecule has 4 saturated carbocycles. The highest BCUT2D eigenvalue weighted by Gasteiger charge is 2.61. The fourth-order valence-electron chi connectivity index (χ4n) is 15.1. The van der Waals surface area contributed by atoms with Crippen LogP contribution in [0.5, 0.6) is 0 Å². The van der Waals surface area contributed by atoms with Gasteiger partial charge in [0.25, 0.3) is 0 Å². The van der Waals surface area contributed by atoms with Crippen molar-refractivity contribution in [2.45, 2.75) is 44.2 Å². The van der Waals surface area contributed by atoms with Crippen LogP contribution >= 0.6 is 0 Å². The number of rotatable bonds is 6. The van der Waals surface area contributed by atoms with E-state index in [9.17, 15) is 0 Å². The van der Waals surface area contributed by atoms with Gasteiger partial charge in [-0.25, -0.2) is 9.98 Å². The molecule has 5 aliphatic carbocycles. The topological polar surface area (TPSA) is 73.7 Å². The maximum Gasteiger partial charge on any atom is 0.162 e. The summed E-state index contributed by atoms with van der Waals surface area (Å²) in [6.45, 7) is 0.324. The monoisotopic (exact) mass is 941 g/mol. The molecule has 0 unspecified atom stereocenters. The van der Waals surface area contributed by atoms with Crippen LogP contribution in [0.1, 0.15) is 54.4 Å². The molecule has 0 radical (unpaired) electrons. The van der Waals surface area contributed by atoms with Crippen LogP contribution in [0.15, 0.2) is 215 Å². The molecule has 12 aromatic rings. The molecule has 4 bridgehead atoms. The van der Waals surface area contributed by atoms with Gasteiger partial charge in [-0.15, -0.1) is 0 Å². The number of hydrogen-bond donors (Lipinski definition) is 1. The molecular weight excluding hydrogens is 891 g/mol. The van der Waals surface area contributed by atoms with E-state index >= 15 is 0 Å². The van der Waals surface area contributed by atoms with Gasteiger partial charge < -0.3 is 19.3 Å². The van der Waals surface area contributed by atoms with Crippen molar-refractivity contribution in [1.29, 1.82) is 0 Å². The van der Waals surface area contributed by atoms with Gasteiger partial charge in [0.15, 0.2) is 5.84 Å². The number of nitrogens with two attached hydrogens (primary N) is 1. The third-order valence-electron chi connectivity index (χ3n) is 17.9. The normalized spacial score (nSPS) is 21.2. The van der Waals surface area contributed by atoms with Gasteiger partial charge in [-0.05, 0) is 150 Å². The molecule has 9 aromatic carbocycles. The first-order valence-electron chi connectivity index (χ1n) is 26.2. The Hall–Kier alpha value is -8.48. The van der Waals surface area contributed by atoms with Crippen molar-refractivity contribution in [1.82, 2.24) is 9.13 Å². The summed E-state index contributed by atoms with van der Waals surface area (Å²) in [7, 11) is 0. The number of aliphatic imine (C=N–C) groups is 2. The number of benzene rings is 9. The third kappa shape index (κ3) is 5.92. The average Bonchev–Trinajstić information content (AvgIpc) is 4.22. The van der Waals surface area contributed by atoms with Gasteiger partial charge >= 0.3 is 0 Å². The lowest BCUT2D eigenvalue weighted by atomic mass is 9.43. The van der Waals surface area contributed by atoms with Crippen LogP contribution in [0.4, 0.5) is 0 Å². The van der Waals surface area contributed by atoms with Crippen molar-refractivity contribution in [2.24, 2.45) is 39.4 Å². The number of amidine groups is 2. The van der Waals surface area contributed by atoms with E-state index in [4.69, 9.17) is 20.1 Å². The lowest BCUT2D eigenvalue weighted by Gasteiger charge is -2.61. The summed E-state index contributed by atoms with van der Waals surface area (Å²) < 4.78 is 11.4. The highest BCUT2D eigenvalue weighted by atomic mass is 16.3. The van der Waals surface area contributed by atoms with E-state index in [0.717, 1.165) is 67.8 Å². The van der Waals surface area contributed by atoms with Gasteiger partial charge in [0, 0.05) is 49.0 Å². The Morgan fingerprint density at radius 3 is 1.90 bits per heavy atom. The first-order valence-corrected chi connectivity index (χ1v) is 26.2. The molecule has 3 aromatic heterocycles. The van der Waals surface area contributed by atoms with Gasteiger partial charge in [0.1, 0.15) is 23.7 Å². The maximum atomic E-state index is 6.76. The minimum absolute atomic E-state index is 0.117. The number of furan rings is 1. The summed E-state index contributed by atoms with van der Waals surface area (Å²) in [6.07, 6.45) is 6.98. The van der Waals surface area contributed by atoms with Crippen LogP contribution < -0.4 is 5.73 Å². The molecule has 350 valence electrons. The van der Waals surface area contributed by atoms with E-state index in [1.165, 1.54) is 92.6 Å². The number of aromatic nitrogens is 2. The largest absolute Gasteiger partial charge is 0.455 e. The standard InChI is InChI=1S/C67H51N5O/c68-65(42-13-2-1-3-14-42)70-66(54-20-12-19-53-52-18-7-11-24-63(52)73-64(53)54)69-39-71-59-22-9-5-16-50(59)55-36-43(25-29-60(55)71)44-26-30-62-56(37-44)51-17-6-10-23-61(51)72(62)47-27-28-49-48-15-4-8-21-57(48)67(58(49)38-47)45-32-40-31-41(34-45)35-46(67)33-40/h1-30,36-38,40-41,45-46H,31-35,39H2,(H2,68,69,70). The maximum absolute atomic E-state index is 6.76. The SMILES string of the molecule is NC(=NC(=NCn1c2ccccc2c2cc(-c3ccc4c(c3)c3ccccc3n4-c3ccc4c(c3)C3(c5ccccc5-4)C4CC5CC(C4)CC3C5)ccc21)c1cccc2c1oc1ccccc12)c1ccccc1. The third-order valence-corrected chi connectivity index (χ3v) is 17.9. The molecule has 0 amide bonds. The molecule has 6 nitrogen and oxygen atoms in total. The van der Waals surface area contributed by atoms with Crippen LogP contribution in [-0.4, -0.2) is 20.8 Å². The van der Waals surface area contributed by atoms with Crippen LogP contribution in [0, 0.1) is 23.7 Å². The minimum Gasteiger partial charge on any atom is -0.455 e. The fraction of sp³-hybridized carbons (Fsp3) is 0.164. The van der Waals surface area contributed by atoms with Crippen LogP contribution in [0.3, 0.4) is 0 Å². The molecule has 17 rings (SSSR count). The molecule has 73 heavy (non-hydrogen) atoms. The second-order valence-corrected chi connectivity index (χ2v) is 21.5. The van der Waals surface area contributed by atoms with Crippen molar-refractivity contribution in [3.05, 3.63) is 222 Å². The number of hydrogen-bond acceptors (Lipinski definition) is 2.